The van der Waals surface area contributed by atoms with Gasteiger partial charge in [0.1, 0.15) is 0 Å². The molecule has 0 aromatic rings. The van der Waals surface area contributed by atoms with Gasteiger partial charge in [0.2, 0.25) is 0 Å². The van der Waals surface area contributed by atoms with Crippen LogP contribution in [0.3, 0.4) is 0 Å². The van der Waals surface area contributed by atoms with Gasteiger partial charge in [-0.1, -0.05) is 13.8 Å². The van der Waals surface area contributed by atoms with Crippen molar-refractivity contribution < 1.29 is 9.59 Å². The third kappa shape index (κ3) is 5.70. The average Bonchev–Trinajstić information content (AvgIpc) is 1.97. The fourth-order valence-corrected chi connectivity index (χ4v) is 0.799. The predicted octanol–water partition coefficient (Wildman–Crippen LogP) is 0.0241. The van der Waals surface area contributed by atoms with Crippen molar-refractivity contribution in [3.8, 4) is 0 Å². The van der Waals surface area contributed by atoms with Gasteiger partial charge in [-0.2, -0.15) is 0 Å². The highest BCUT2D eigenvalue weighted by molar-refractivity contribution is 6.34. The summed E-state index contributed by atoms with van der Waals surface area (Å²) in [6.07, 6.45) is 1.93. The van der Waals surface area contributed by atoms with Crippen LogP contribution in [-0.2, 0) is 9.59 Å². The minimum absolute atomic E-state index is 0.528. The molecule has 0 saturated heterocycles. The third-order valence-corrected chi connectivity index (χ3v) is 1.47. The van der Waals surface area contributed by atoms with E-state index in [1.807, 2.05) is 0 Å². The highest BCUT2D eigenvalue weighted by atomic mass is 16.2. The van der Waals surface area contributed by atoms with Crippen molar-refractivity contribution >= 4 is 11.8 Å². The molecule has 0 unspecified atom stereocenters. The number of hydrogen-bond acceptors (Lipinski definition) is 2. The molecule has 0 aliphatic rings. The first-order chi connectivity index (χ1) is 5.54. The Balaban J connectivity index is 3.32. The van der Waals surface area contributed by atoms with Crippen LogP contribution >= 0.6 is 0 Å². The number of nitrogens with two attached hydrogens (primary N) is 1. The maximum Gasteiger partial charge on any atom is 0.309 e. The minimum Gasteiger partial charge on any atom is -0.361 e. The molecular formula is C8H16N2O2. The van der Waals surface area contributed by atoms with Gasteiger partial charge in [-0.15, -0.1) is 0 Å². The van der Waals surface area contributed by atoms with E-state index in [0.29, 0.717) is 12.5 Å². The van der Waals surface area contributed by atoms with Gasteiger partial charge in [-0.05, 0) is 18.8 Å². The van der Waals surface area contributed by atoms with Crippen molar-refractivity contribution in [3.05, 3.63) is 0 Å². The Hall–Kier alpha value is -1.06. The van der Waals surface area contributed by atoms with Gasteiger partial charge in [0.15, 0.2) is 0 Å². The van der Waals surface area contributed by atoms with Crippen molar-refractivity contribution in [1.82, 2.24) is 5.32 Å². The smallest absolute Gasteiger partial charge is 0.309 e. The highest BCUT2D eigenvalue weighted by Crippen LogP contribution is 2.01. The van der Waals surface area contributed by atoms with E-state index in [1.54, 1.807) is 0 Å². The molecule has 4 heteroatoms. The molecule has 12 heavy (non-hydrogen) atoms. The van der Waals surface area contributed by atoms with E-state index in [2.05, 4.69) is 19.2 Å². The summed E-state index contributed by atoms with van der Waals surface area (Å²) in [7, 11) is 0. The van der Waals surface area contributed by atoms with Crippen LogP contribution in [0.2, 0.25) is 0 Å². The highest BCUT2D eigenvalue weighted by Gasteiger charge is 2.06. The van der Waals surface area contributed by atoms with Gasteiger partial charge in [-0.25, -0.2) is 0 Å². The summed E-state index contributed by atoms with van der Waals surface area (Å²) < 4.78 is 0. The molecule has 2 amide bonds. The fraction of sp³-hybridized carbons (Fsp3) is 0.750. The van der Waals surface area contributed by atoms with Crippen LogP contribution in [-0.4, -0.2) is 18.4 Å². The number of primary amides is 1. The number of carbonyl (C=O) groups excluding carboxylic acids is 2. The second-order valence-electron chi connectivity index (χ2n) is 3.16. The molecule has 0 fully saturated rings. The van der Waals surface area contributed by atoms with E-state index >= 15 is 0 Å². The average molecular weight is 172 g/mol. The third-order valence-electron chi connectivity index (χ3n) is 1.47. The predicted molar refractivity (Wildman–Crippen MR) is 46.3 cm³/mol. The van der Waals surface area contributed by atoms with Crippen molar-refractivity contribution in [2.24, 2.45) is 11.7 Å². The summed E-state index contributed by atoms with van der Waals surface area (Å²) in [5.74, 6) is -0.992. The van der Waals surface area contributed by atoms with Gasteiger partial charge in [0.25, 0.3) is 0 Å². The van der Waals surface area contributed by atoms with Crippen LogP contribution in [0.15, 0.2) is 0 Å². The van der Waals surface area contributed by atoms with E-state index in [0.717, 1.165) is 12.8 Å². The summed E-state index contributed by atoms with van der Waals surface area (Å²) in [6, 6.07) is 0. The molecule has 0 aliphatic heterocycles. The normalized spacial score (nSPS) is 9.92. The Labute approximate surface area is 72.5 Å². The lowest BCUT2D eigenvalue weighted by atomic mass is 10.1. The second-order valence-corrected chi connectivity index (χ2v) is 3.16. The minimum atomic E-state index is -0.917. The molecule has 0 heterocycles. The van der Waals surface area contributed by atoms with Crippen LogP contribution in [0.1, 0.15) is 26.7 Å². The summed E-state index contributed by atoms with van der Waals surface area (Å²) in [4.78, 5) is 20.8. The topological polar surface area (TPSA) is 72.2 Å². The van der Waals surface area contributed by atoms with Crippen LogP contribution in [0.4, 0.5) is 0 Å². The van der Waals surface area contributed by atoms with Crippen LogP contribution in [0.5, 0.6) is 0 Å². The van der Waals surface area contributed by atoms with Crippen molar-refractivity contribution in [2.75, 3.05) is 6.54 Å². The maximum absolute atomic E-state index is 10.6. The zero-order chi connectivity index (χ0) is 9.56. The molecule has 0 saturated carbocycles. The Kier molecular flexibility index (Phi) is 5.08. The first kappa shape index (κ1) is 10.9. The molecule has 0 atom stereocenters. The zero-order valence-corrected chi connectivity index (χ0v) is 7.59. The van der Waals surface area contributed by atoms with Crippen molar-refractivity contribution in [2.45, 2.75) is 26.7 Å². The lowest BCUT2D eigenvalue weighted by Crippen LogP contribution is -2.36. The first-order valence-electron chi connectivity index (χ1n) is 4.11. The van der Waals surface area contributed by atoms with E-state index in [-0.39, 0.29) is 0 Å². The van der Waals surface area contributed by atoms with E-state index < -0.39 is 11.8 Å². The van der Waals surface area contributed by atoms with Gasteiger partial charge >= 0.3 is 11.8 Å². The zero-order valence-electron chi connectivity index (χ0n) is 7.59. The Morgan fingerprint density at radius 3 is 2.42 bits per heavy atom. The summed E-state index contributed by atoms with van der Waals surface area (Å²) >= 11 is 0. The molecule has 0 aliphatic carbocycles. The Morgan fingerprint density at radius 1 is 1.42 bits per heavy atom. The van der Waals surface area contributed by atoms with Crippen molar-refractivity contribution in [1.29, 1.82) is 0 Å². The standard InChI is InChI=1S/C8H16N2O2/c1-6(2)4-3-5-10-8(12)7(9)11/h6H,3-5H2,1-2H3,(H2,9,11)(H,10,12). The molecule has 0 aromatic carbocycles. The SMILES string of the molecule is CC(C)CCCNC(=O)C(N)=O. The van der Waals surface area contributed by atoms with Gasteiger partial charge in [-0.3, -0.25) is 9.59 Å². The number of carbonyl (C=O) groups is 2. The lowest BCUT2D eigenvalue weighted by molar-refractivity contribution is -0.137. The first-order valence-corrected chi connectivity index (χ1v) is 4.11. The summed E-state index contributed by atoms with van der Waals surface area (Å²) in [6.45, 7) is 4.74. The Morgan fingerprint density at radius 2 is 2.00 bits per heavy atom. The molecule has 0 radical (unpaired) electrons. The fourth-order valence-electron chi connectivity index (χ4n) is 0.799. The molecular weight excluding hydrogens is 156 g/mol. The van der Waals surface area contributed by atoms with Gasteiger partial charge < -0.3 is 11.1 Å². The number of amides is 2. The monoisotopic (exact) mass is 172 g/mol. The molecule has 3 N–H and O–H groups in total. The molecule has 70 valence electrons. The summed E-state index contributed by atoms with van der Waals surface area (Å²) in [5, 5.41) is 2.42. The maximum atomic E-state index is 10.6. The second kappa shape index (κ2) is 5.57. The number of nitrogens with one attached hydrogen (secondary N) is 1. The molecule has 0 bridgehead atoms. The van der Waals surface area contributed by atoms with E-state index in [1.165, 1.54) is 0 Å². The van der Waals surface area contributed by atoms with Crippen LogP contribution in [0.25, 0.3) is 0 Å². The van der Waals surface area contributed by atoms with E-state index in [9.17, 15) is 9.59 Å². The molecule has 0 rings (SSSR count). The summed E-state index contributed by atoms with van der Waals surface area (Å²) in [5.41, 5.74) is 4.73. The van der Waals surface area contributed by atoms with E-state index in [4.69, 9.17) is 5.73 Å². The molecule has 0 aromatic heterocycles. The Bertz CT molecular complexity index is 166. The quantitative estimate of drug-likeness (QED) is 0.463. The lowest BCUT2D eigenvalue weighted by Gasteiger charge is -2.04. The largest absolute Gasteiger partial charge is 0.361 e. The van der Waals surface area contributed by atoms with Gasteiger partial charge in [0.05, 0.1) is 0 Å². The van der Waals surface area contributed by atoms with Crippen LogP contribution in [0, 0.1) is 5.92 Å². The van der Waals surface area contributed by atoms with Gasteiger partial charge in [0, 0.05) is 6.54 Å². The van der Waals surface area contributed by atoms with Crippen LogP contribution < -0.4 is 11.1 Å². The molecule has 0 spiro atoms. The molecule has 4 nitrogen and oxygen atoms in total. The number of rotatable bonds is 4. The van der Waals surface area contributed by atoms with Crippen molar-refractivity contribution in [3.63, 3.8) is 0 Å². The number of hydrogen-bond donors (Lipinski definition) is 2.